The number of hydrogen-bond donors (Lipinski definition) is 2. The molecular formula is C11H15ClN2. The molecule has 14 heavy (non-hydrogen) atoms. The van der Waals surface area contributed by atoms with Crippen molar-refractivity contribution >= 4 is 11.6 Å². The Balaban J connectivity index is 2.29. The lowest BCUT2D eigenvalue weighted by Gasteiger charge is -2.17. The summed E-state index contributed by atoms with van der Waals surface area (Å²) < 4.78 is 0. The molecule has 0 radical (unpaired) electrons. The number of hydrogen-bond acceptors (Lipinski definition) is 2. The number of benzene rings is 1. The normalized spacial score (nSPS) is 18.2. The molecule has 3 N–H and O–H groups in total. The maximum atomic E-state index is 6.18. The summed E-state index contributed by atoms with van der Waals surface area (Å²) in [5, 5.41) is 0.819. The van der Waals surface area contributed by atoms with Gasteiger partial charge >= 0.3 is 0 Å². The number of nitrogens with two attached hydrogens (primary N) is 1. The molecule has 0 spiro atoms. The molecule has 0 aliphatic heterocycles. The molecule has 2 nitrogen and oxygen atoms in total. The quantitative estimate of drug-likeness (QED) is 0.595. The summed E-state index contributed by atoms with van der Waals surface area (Å²) in [6, 6.07) is 6.36. The summed E-state index contributed by atoms with van der Waals surface area (Å²) in [5.74, 6) is 6.21. The molecule has 1 aliphatic rings. The van der Waals surface area contributed by atoms with Gasteiger partial charge in [-0.05, 0) is 42.9 Å². The molecule has 0 bridgehead atoms. The highest BCUT2D eigenvalue weighted by Gasteiger charge is 2.32. The van der Waals surface area contributed by atoms with Crippen molar-refractivity contribution in [1.82, 2.24) is 5.43 Å². The van der Waals surface area contributed by atoms with Gasteiger partial charge in [0.2, 0.25) is 0 Å². The average molecular weight is 211 g/mol. The van der Waals surface area contributed by atoms with Crippen molar-refractivity contribution in [2.45, 2.75) is 25.8 Å². The largest absolute Gasteiger partial charge is 0.271 e. The number of aryl methyl sites for hydroxylation is 1. The molecule has 1 aromatic rings. The number of rotatable bonds is 3. The van der Waals surface area contributed by atoms with E-state index in [1.54, 1.807) is 0 Å². The van der Waals surface area contributed by atoms with E-state index in [-0.39, 0.29) is 6.04 Å². The zero-order chi connectivity index (χ0) is 10.1. The summed E-state index contributed by atoms with van der Waals surface area (Å²) in [4.78, 5) is 0. The zero-order valence-electron chi connectivity index (χ0n) is 8.26. The first-order valence-electron chi connectivity index (χ1n) is 4.94. The Hall–Kier alpha value is -0.570. The van der Waals surface area contributed by atoms with Crippen molar-refractivity contribution in [3.63, 3.8) is 0 Å². The lowest BCUT2D eigenvalue weighted by atomic mass is 10.0. The molecule has 1 saturated carbocycles. The van der Waals surface area contributed by atoms with Crippen LogP contribution in [-0.2, 0) is 0 Å². The van der Waals surface area contributed by atoms with Gasteiger partial charge in [0.05, 0.1) is 6.04 Å². The van der Waals surface area contributed by atoms with E-state index >= 15 is 0 Å². The molecule has 1 aromatic carbocycles. The maximum Gasteiger partial charge on any atom is 0.0502 e. The van der Waals surface area contributed by atoms with Crippen LogP contribution < -0.4 is 11.3 Å². The fraction of sp³-hybridized carbons (Fsp3) is 0.455. The van der Waals surface area contributed by atoms with E-state index in [2.05, 4.69) is 17.6 Å². The molecule has 1 unspecified atom stereocenters. The molecule has 0 aromatic heterocycles. The fourth-order valence-electron chi connectivity index (χ4n) is 1.79. The average Bonchev–Trinajstić information content (AvgIpc) is 2.93. The maximum absolute atomic E-state index is 6.18. The summed E-state index contributed by atoms with van der Waals surface area (Å²) in [6.45, 7) is 2.04. The van der Waals surface area contributed by atoms with Crippen molar-refractivity contribution in [2.75, 3.05) is 0 Å². The molecule has 76 valence electrons. The van der Waals surface area contributed by atoms with Gasteiger partial charge in [-0.3, -0.25) is 11.3 Å². The van der Waals surface area contributed by atoms with E-state index in [0.29, 0.717) is 5.92 Å². The topological polar surface area (TPSA) is 38.0 Å². The van der Waals surface area contributed by atoms with Gasteiger partial charge in [-0.2, -0.15) is 0 Å². The van der Waals surface area contributed by atoms with E-state index in [1.165, 1.54) is 18.4 Å². The zero-order valence-corrected chi connectivity index (χ0v) is 9.01. The first-order valence-corrected chi connectivity index (χ1v) is 5.32. The Labute approximate surface area is 89.4 Å². The highest BCUT2D eigenvalue weighted by Crippen LogP contribution is 2.42. The third-order valence-corrected chi connectivity index (χ3v) is 3.09. The second-order valence-electron chi connectivity index (χ2n) is 4.01. The Morgan fingerprint density at radius 2 is 2.21 bits per heavy atom. The van der Waals surface area contributed by atoms with Crippen LogP contribution in [-0.4, -0.2) is 0 Å². The van der Waals surface area contributed by atoms with Crippen molar-refractivity contribution in [3.05, 3.63) is 34.3 Å². The van der Waals surface area contributed by atoms with Crippen LogP contribution in [0.4, 0.5) is 0 Å². The molecule has 2 rings (SSSR count). The molecule has 1 atom stereocenters. The van der Waals surface area contributed by atoms with E-state index in [1.807, 2.05) is 13.0 Å². The highest BCUT2D eigenvalue weighted by molar-refractivity contribution is 6.31. The van der Waals surface area contributed by atoms with E-state index in [9.17, 15) is 0 Å². The van der Waals surface area contributed by atoms with Crippen LogP contribution >= 0.6 is 11.6 Å². The van der Waals surface area contributed by atoms with E-state index in [4.69, 9.17) is 17.4 Å². The summed E-state index contributed by atoms with van der Waals surface area (Å²) in [5.41, 5.74) is 5.17. The molecule has 1 aliphatic carbocycles. The molecular weight excluding hydrogens is 196 g/mol. The Kier molecular flexibility index (Phi) is 2.77. The summed E-state index contributed by atoms with van der Waals surface area (Å²) in [6.07, 6.45) is 2.50. The predicted molar refractivity (Wildman–Crippen MR) is 59.0 cm³/mol. The molecule has 0 saturated heterocycles. The Bertz CT molecular complexity index is 334. The van der Waals surface area contributed by atoms with Crippen LogP contribution in [0.1, 0.15) is 30.0 Å². The third-order valence-electron chi connectivity index (χ3n) is 2.76. The number of hydrazine groups is 1. The monoisotopic (exact) mass is 210 g/mol. The first kappa shape index (κ1) is 9.97. The van der Waals surface area contributed by atoms with Crippen LogP contribution in [0, 0.1) is 12.8 Å². The van der Waals surface area contributed by atoms with Gasteiger partial charge in [-0.1, -0.05) is 23.7 Å². The van der Waals surface area contributed by atoms with E-state index in [0.717, 1.165) is 10.6 Å². The second-order valence-corrected chi connectivity index (χ2v) is 4.41. The van der Waals surface area contributed by atoms with Gasteiger partial charge < -0.3 is 0 Å². The second kappa shape index (κ2) is 3.89. The van der Waals surface area contributed by atoms with Crippen molar-refractivity contribution in [3.8, 4) is 0 Å². The molecule has 0 amide bonds. The minimum absolute atomic E-state index is 0.225. The standard InChI is InChI=1S/C11H15ClN2/c1-7-2-5-9(10(12)6-7)11(14-13)8-3-4-8/h2,5-6,8,11,14H,3-4,13H2,1H3. The Morgan fingerprint density at radius 1 is 1.50 bits per heavy atom. The predicted octanol–water partition coefficient (Wildman–Crippen LogP) is 2.56. The van der Waals surface area contributed by atoms with Gasteiger partial charge in [0.15, 0.2) is 0 Å². The fourth-order valence-corrected chi connectivity index (χ4v) is 2.15. The number of halogens is 1. The van der Waals surface area contributed by atoms with Crippen molar-refractivity contribution in [2.24, 2.45) is 11.8 Å². The van der Waals surface area contributed by atoms with Crippen LogP contribution in [0.25, 0.3) is 0 Å². The van der Waals surface area contributed by atoms with Crippen LogP contribution in [0.2, 0.25) is 5.02 Å². The summed E-state index contributed by atoms with van der Waals surface area (Å²) >= 11 is 6.18. The Morgan fingerprint density at radius 3 is 2.71 bits per heavy atom. The van der Waals surface area contributed by atoms with Crippen molar-refractivity contribution < 1.29 is 0 Å². The van der Waals surface area contributed by atoms with Crippen LogP contribution in [0.15, 0.2) is 18.2 Å². The van der Waals surface area contributed by atoms with Crippen LogP contribution in [0.3, 0.4) is 0 Å². The first-order chi connectivity index (χ1) is 6.72. The minimum Gasteiger partial charge on any atom is -0.271 e. The lowest BCUT2D eigenvalue weighted by molar-refractivity contribution is 0.497. The molecule has 1 fully saturated rings. The van der Waals surface area contributed by atoms with Gasteiger partial charge in [0.1, 0.15) is 0 Å². The molecule has 3 heteroatoms. The smallest absolute Gasteiger partial charge is 0.0502 e. The molecule has 0 heterocycles. The number of nitrogens with one attached hydrogen (secondary N) is 1. The van der Waals surface area contributed by atoms with Gasteiger partial charge in [0.25, 0.3) is 0 Å². The van der Waals surface area contributed by atoms with E-state index < -0.39 is 0 Å². The van der Waals surface area contributed by atoms with Crippen molar-refractivity contribution in [1.29, 1.82) is 0 Å². The SMILES string of the molecule is Cc1ccc(C(NN)C2CC2)c(Cl)c1. The van der Waals surface area contributed by atoms with Gasteiger partial charge in [-0.15, -0.1) is 0 Å². The summed E-state index contributed by atoms with van der Waals surface area (Å²) in [7, 11) is 0. The highest BCUT2D eigenvalue weighted by atomic mass is 35.5. The third kappa shape index (κ3) is 1.92. The van der Waals surface area contributed by atoms with Crippen LogP contribution in [0.5, 0.6) is 0 Å². The minimum atomic E-state index is 0.225. The lowest BCUT2D eigenvalue weighted by Crippen LogP contribution is -2.29. The van der Waals surface area contributed by atoms with Gasteiger partial charge in [0, 0.05) is 5.02 Å². The van der Waals surface area contributed by atoms with Gasteiger partial charge in [-0.25, -0.2) is 0 Å².